The minimum Gasteiger partial charge on any atom is -0.496 e. The molecule has 0 bridgehead atoms. The smallest absolute Gasteiger partial charge is 0.223 e. The maximum absolute atomic E-state index is 13.4. The van der Waals surface area contributed by atoms with Crippen LogP contribution < -0.4 is 14.2 Å². The van der Waals surface area contributed by atoms with Gasteiger partial charge in [0, 0.05) is 38.3 Å². The molecule has 1 aliphatic heterocycles. The van der Waals surface area contributed by atoms with Crippen molar-refractivity contribution in [3.05, 3.63) is 83.7 Å². The first kappa shape index (κ1) is 24.5. The maximum atomic E-state index is 13.4. The molecule has 0 radical (unpaired) electrons. The van der Waals surface area contributed by atoms with Crippen LogP contribution in [0.3, 0.4) is 0 Å². The molecule has 0 saturated carbocycles. The molecule has 7 heteroatoms. The van der Waals surface area contributed by atoms with Gasteiger partial charge in [0.25, 0.3) is 0 Å². The first-order chi connectivity index (χ1) is 17.2. The molecule has 1 atom stereocenters. The Balaban J connectivity index is 1.49. The number of ether oxygens (including phenoxy) is 4. The van der Waals surface area contributed by atoms with Gasteiger partial charge in [-0.3, -0.25) is 9.78 Å². The fraction of sp³-hybridized carbons (Fsp3) is 0.357. The van der Waals surface area contributed by atoms with E-state index in [9.17, 15) is 4.79 Å². The highest BCUT2D eigenvalue weighted by molar-refractivity contribution is 5.76. The Hall–Kier alpha value is -3.58. The van der Waals surface area contributed by atoms with E-state index in [1.54, 1.807) is 26.6 Å². The van der Waals surface area contributed by atoms with Gasteiger partial charge >= 0.3 is 0 Å². The SMILES string of the molecule is COc1ccccc1CCC(=O)N(Cc1cccnc1)Cc1ccc(O[C@@H]2CCOC2)c(OC)c1. The largest absolute Gasteiger partial charge is 0.496 e. The molecule has 0 unspecified atom stereocenters. The topological polar surface area (TPSA) is 70.1 Å². The average Bonchev–Trinajstić information content (AvgIpc) is 3.41. The maximum Gasteiger partial charge on any atom is 0.223 e. The second-order valence-electron chi connectivity index (χ2n) is 8.51. The minimum atomic E-state index is 0.0355. The van der Waals surface area contributed by atoms with Crippen molar-refractivity contribution in [3.63, 3.8) is 0 Å². The second kappa shape index (κ2) is 12.2. The Labute approximate surface area is 206 Å². The van der Waals surface area contributed by atoms with Gasteiger partial charge < -0.3 is 23.8 Å². The number of aromatic nitrogens is 1. The Morgan fingerprint density at radius 3 is 2.57 bits per heavy atom. The number of para-hydroxylation sites is 1. The van der Waals surface area contributed by atoms with E-state index < -0.39 is 0 Å². The van der Waals surface area contributed by atoms with Gasteiger partial charge in [0.15, 0.2) is 11.5 Å². The molecule has 1 aromatic heterocycles. The van der Waals surface area contributed by atoms with Crippen molar-refractivity contribution in [1.29, 1.82) is 0 Å². The average molecular weight is 477 g/mol. The lowest BCUT2D eigenvalue weighted by Gasteiger charge is -2.24. The summed E-state index contributed by atoms with van der Waals surface area (Å²) in [5, 5.41) is 0. The molecule has 0 N–H and O–H groups in total. The number of carbonyl (C=O) groups is 1. The number of pyridine rings is 1. The summed E-state index contributed by atoms with van der Waals surface area (Å²) in [6, 6.07) is 17.5. The van der Waals surface area contributed by atoms with Gasteiger partial charge in [-0.15, -0.1) is 0 Å². The predicted molar refractivity (Wildman–Crippen MR) is 133 cm³/mol. The molecule has 0 spiro atoms. The Morgan fingerprint density at radius 1 is 1.00 bits per heavy atom. The molecule has 184 valence electrons. The van der Waals surface area contributed by atoms with Crippen LogP contribution in [0.1, 0.15) is 29.5 Å². The molecule has 2 heterocycles. The molecule has 2 aromatic carbocycles. The summed E-state index contributed by atoms with van der Waals surface area (Å²) in [4.78, 5) is 19.4. The monoisotopic (exact) mass is 476 g/mol. The standard InChI is InChI=1S/C28H32N2O5/c1-32-25-8-4-3-7-23(25)10-12-28(31)30(19-22-6-5-14-29-17-22)18-21-9-11-26(27(16-21)33-2)35-24-13-15-34-20-24/h3-9,11,14,16-17,24H,10,12-13,15,18-20H2,1-2H3/t24-/m1/s1. The molecular weight excluding hydrogens is 444 g/mol. The number of rotatable bonds is 11. The number of hydrogen-bond donors (Lipinski definition) is 0. The van der Waals surface area contributed by atoms with E-state index in [0.717, 1.165) is 28.9 Å². The highest BCUT2D eigenvalue weighted by Crippen LogP contribution is 2.31. The number of nitrogens with zero attached hydrogens (tertiary/aromatic N) is 2. The lowest BCUT2D eigenvalue weighted by Crippen LogP contribution is -2.30. The van der Waals surface area contributed by atoms with E-state index in [1.807, 2.05) is 59.5 Å². The predicted octanol–water partition coefficient (Wildman–Crippen LogP) is 4.43. The van der Waals surface area contributed by atoms with Crippen molar-refractivity contribution in [2.24, 2.45) is 0 Å². The van der Waals surface area contributed by atoms with Crippen LogP contribution in [0.5, 0.6) is 17.2 Å². The van der Waals surface area contributed by atoms with Crippen LogP contribution in [0.4, 0.5) is 0 Å². The summed E-state index contributed by atoms with van der Waals surface area (Å²) in [7, 11) is 3.28. The van der Waals surface area contributed by atoms with E-state index in [2.05, 4.69) is 4.98 Å². The zero-order valence-electron chi connectivity index (χ0n) is 20.3. The van der Waals surface area contributed by atoms with Gasteiger partial charge in [-0.2, -0.15) is 0 Å². The highest BCUT2D eigenvalue weighted by Gasteiger charge is 2.20. The molecule has 1 aliphatic rings. The summed E-state index contributed by atoms with van der Waals surface area (Å²) >= 11 is 0. The first-order valence-corrected chi connectivity index (χ1v) is 11.9. The third-order valence-corrected chi connectivity index (χ3v) is 6.03. The van der Waals surface area contributed by atoms with Crippen molar-refractivity contribution in [2.75, 3.05) is 27.4 Å². The number of carbonyl (C=O) groups excluding carboxylic acids is 1. The fourth-order valence-corrected chi connectivity index (χ4v) is 4.17. The van der Waals surface area contributed by atoms with Gasteiger partial charge in [0.1, 0.15) is 11.9 Å². The third-order valence-electron chi connectivity index (χ3n) is 6.03. The summed E-state index contributed by atoms with van der Waals surface area (Å²) in [5.74, 6) is 2.19. The lowest BCUT2D eigenvalue weighted by atomic mass is 10.1. The minimum absolute atomic E-state index is 0.0355. The normalized spacial score (nSPS) is 15.0. The summed E-state index contributed by atoms with van der Waals surface area (Å²) in [6.45, 7) is 2.22. The van der Waals surface area contributed by atoms with Crippen LogP contribution in [0.25, 0.3) is 0 Å². The van der Waals surface area contributed by atoms with Crippen molar-refractivity contribution in [1.82, 2.24) is 9.88 Å². The number of aryl methyl sites for hydroxylation is 1. The zero-order valence-corrected chi connectivity index (χ0v) is 20.3. The van der Waals surface area contributed by atoms with Crippen LogP contribution in [0.2, 0.25) is 0 Å². The first-order valence-electron chi connectivity index (χ1n) is 11.9. The molecule has 0 aliphatic carbocycles. The van der Waals surface area contributed by atoms with E-state index in [0.29, 0.717) is 50.6 Å². The second-order valence-corrected chi connectivity index (χ2v) is 8.51. The fourth-order valence-electron chi connectivity index (χ4n) is 4.17. The molecule has 3 aromatic rings. The van der Waals surface area contributed by atoms with Gasteiger partial charge in [-0.05, 0) is 47.4 Å². The molecule has 35 heavy (non-hydrogen) atoms. The number of hydrogen-bond acceptors (Lipinski definition) is 6. The Morgan fingerprint density at radius 2 is 1.83 bits per heavy atom. The molecule has 1 amide bonds. The molecular formula is C28H32N2O5. The van der Waals surface area contributed by atoms with Gasteiger partial charge in [-0.1, -0.05) is 30.3 Å². The van der Waals surface area contributed by atoms with Crippen molar-refractivity contribution in [3.8, 4) is 17.2 Å². The number of methoxy groups -OCH3 is 2. The van der Waals surface area contributed by atoms with Crippen molar-refractivity contribution < 1.29 is 23.7 Å². The number of benzene rings is 2. The van der Waals surface area contributed by atoms with E-state index in [1.165, 1.54) is 0 Å². The van der Waals surface area contributed by atoms with Crippen LogP contribution >= 0.6 is 0 Å². The van der Waals surface area contributed by atoms with Crippen LogP contribution in [0.15, 0.2) is 67.0 Å². The van der Waals surface area contributed by atoms with Crippen LogP contribution in [-0.4, -0.2) is 49.3 Å². The van der Waals surface area contributed by atoms with Gasteiger partial charge in [0.2, 0.25) is 5.91 Å². The molecule has 1 saturated heterocycles. The molecule has 1 fully saturated rings. The van der Waals surface area contributed by atoms with Crippen molar-refractivity contribution in [2.45, 2.75) is 38.5 Å². The Kier molecular flexibility index (Phi) is 8.57. The molecule has 4 rings (SSSR count). The van der Waals surface area contributed by atoms with Gasteiger partial charge in [-0.25, -0.2) is 0 Å². The van der Waals surface area contributed by atoms with Crippen LogP contribution in [-0.2, 0) is 29.0 Å². The molecule has 7 nitrogen and oxygen atoms in total. The zero-order chi connectivity index (χ0) is 24.5. The number of amides is 1. The summed E-state index contributed by atoms with van der Waals surface area (Å²) in [6.07, 6.45) is 5.41. The van der Waals surface area contributed by atoms with Gasteiger partial charge in [0.05, 0.1) is 27.4 Å². The van der Waals surface area contributed by atoms with E-state index in [-0.39, 0.29) is 12.0 Å². The summed E-state index contributed by atoms with van der Waals surface area (Å²) < 4.78 is 22.5. The van der Waals surface area contributed by atoms with E-state index >= 15 is 0 Å². The van der Waals surface area contributed by atoms with Crippen molar-refractivity contribution >= 4 is 5.91 Å². The third kappa shape index (κ3) is 6.73. The quantitative estimate of drug-likeness (QED) is 0.408. The van der Waals surface area contributed by atoms with E-state index in [4.69, 9.17) is 18.9 Å². The van der Waals surface area contributed by atoms with Crippen LogP contribution in [0, 0.1) is 0 Å². The Bertz CT molecular complexity index is 1100. The highest BCUT2D eigenvalue weighted by atomic mass is 16.6. The lowest BCUT2D eigenvalue weighted by molar-refractivity contribution is -0.132. The summed E-state index contributed by atoms with van der Waals surface area (Å²) in [5.41, 5.74) is 2.96.